The van der Waals surface area contributed by atoms with Gasteiger partial charge in [-0.1, -0.05) is 43.3 Å². The van der Waals surface area contributed by atoms with E-state index in [1.165, 1.54) is 55.7 Å². The number of nitrogens with one attached hydrogen (secondary N) is 4. The number of amides is 6. The van der Waals surface area contributed by atoms with E-state index in [1.54, 1.807) is 72.5 Å². The van der Waals surface area contributed by atoms with Crippen molar-refractivity contribution in [1.29, 1.82) is 0 Å². The van der Waals surface area contributed by atoms with Crippen LogP contribution in [-0.4, -0.2) is 131 Å². The maximum atomic E-state index is 15.3. The number of aliphatic hydroxyl groups excluding tert-OH is 2. The summed E-state index contributed by atoms with van der Waals surface area (Å²) < 4.78 is 0. The molecular formula is C60H54N14O13S6. The zero-order chi connectivity index (χ0) is 65.5. The number of carbonyl (C=O) groups excluding carboxylic acids is 6. The number of rotatable bonds is 11. The fraction of sp³-hybridized carbons (Fsp3) is 0.300. The first kappa shape index (κ1) is 63.9. The van der Waals surface area contributed by atoms with Crippen LogP contribution >= 0.6 is 68.0 Å². The van der Waals surface area contributed by atoms with Gasteiger partial charge in [0, 0.05) is 68.3 Å². The number of nitro groups is 1. The Kier molecular flexibility index (Phi) is 18.4. The van der Waals surface area contributed by atoms with Crippen LogP contribution in [-0.2, 0) is 20.8 Å². The van der Waals surface area contributed by atoms with Gasteiger partial charge in [0.15, 0.2) is 5.75 Å². The number of carboxylic acid groups (broad SMARTS) is 1. The van der Waals surface area contributed by atoms with Crippen LogP contribution in [0.1, 0.15) is 136 Å². The number of nitrogens with two attached hydrogens (primary N) is 1. The lowest BCUT2D eigenvalue weighted by atomic mass is 9.86. The molecule has 478 valence electrons. The average Bonchev–Trinajstić information content (AvgIpc) is 1.70. The largest absolute Gasteiger partial charge is 0.502 e. The van der Waals surface area contributed by atoms with Gasteiger partial charge in [-0.2, -0.15) is 0 Å². The van der Waals surface area contributed by atoms with Gasteiger partial charge in [-0.3, -0.25) is 43.7 Å². The van der Waals surface area contributed by atoms with Crippen LogP contribution in [0.3, 0.4) is 0 Å². The number of benzene rings is 2. The van der Waals surface area contributed by atoms with E-state index >= 15 is 4.79 Å². The standard InChI is InChI=1S/C60H54N14O13S6/c1-25-42(76)19-73-47(25)58-70-39(24-92-58)55-66-35(20-89-55)45-31(13-14-32(63-45)54-68-36(22-90-54)49(79)62-30-11-9-29(10-12-30)60(84)85)53-67-37(21-88-53)50(80)64-33(18-43(61)77)56-72-44(26(2)93-56)52(82)71-46(48(78)28-6-4-3-5-7-28)57-69-38(23-91-57)51(81)65-34(59(73)83)16-27-8-15-41(75)40(17-27)74(86)87/h3-8,13-15,17,20-25,29-30,33-34,42,46-48,75-76,78H,9-12,16,18-19H2,1-2H3,(H2,61,77)(H,62,79)(H,64,80)(H,65,81)(H,71,82)(H,84,85)/t25-,29-,30-,33-,34-,42-,46-,47-,48+/m0/s1. The number of aliphatic hydroxyl groups is 2. The highest BCUT2D eigenvalue weighted by Gasteiger charge is 2.46. The predicted molar refractivity (Wildman–Crippen MR) is 343 cm³/mol. The minimum Gasteiger partial charge on any atom is -0.502 e. The normalized spacial score (nSPS) is 21.4. The van der Waals surface area contributed by atoms with Gasteiger partial charge in [-0.25, -0.2) is 34.9 Å². The molecule has 1 aliphatic carbocycles. The molecule has 10 N–H and O–H groups in total. The van der Waals surface area contributed by atoms with Gasteiger partial charge in [0.2, 0.25) is 11.8 Å². The number of nitrogens with zero attached hydrogens (tertiary/aromatic N) is 9. The molecule has 93 heavy (non-hydrogen) atoms. The number of carbonyl (C=O) groups is 7. The third-order valence-electron chi connectivity index (χ3n) is 16.2. The molecule has 2 fully saturated rings. The van der Waals surface area contributed by atoms with Crippen molar-refractivity contribution in [3.05, 3.63) is 151 Å². The number of aliphatic carboxylic acids is 1. The fourth-order valence-electron chi connectivity index (χ4n) is 11.3. The van der Waals surface area contributed by atoms with Crippen molar-refractivity contribution in [2.75, 3.05) is 6.54 Å². The molecule has 1 saturated heterocycles. The second kappa shape index (κ2) is 26.8. The Morgan fingerprint density at radius 1 is 0.731 bits per heavy atom. The first-order valence-corrected chi connectivity index (χ1v) is 34.1. The van der Waals surface area contributed by atoms with Crippen molar-refractivity contribution in [2.24, 2.45) is 17.6 Å². The van der Waals surface area contributed by atoms with Crippen molar-refractivity contribution in [2.45, 2.75) is 94.8 Å². The molecule has 9 heterocycles. The highest BCUT2D eigenvalue weighted by molar-refractivity contribution is 7.15. The van der Waals surface area contributed by atoms with E-state index in [-0.39, 0.29) is 57.4 Å². The molecule has 0 spiro atoms. The van der Waals surface area contributed by atoms with Crippen LogP contribution in [0.2, 0.25) is 0 Å². The smallest absolute Gasteiger partial charge is 0.310 e. The van der Waals surface area contributed by atoms with E-state index in [4.69, 9.17) is 25.7 Å². The number of primary amides is 1. The number of aryl methyl sites for hydroxylation is 1. The summed E-state index contributed by atoms with van der Waals surface area (Å²) in [5.74, 6) is -6.90. The van der Waals surface area contributed by atoms with Crippen molar-refractivity contribution < 1.29 is 58.9 Å². The number of nitro benzene ring substituents is 1. The number of aromatic hydroxyl groups is 1. The zero-order valence-corrected chi connectivity index (χ0v) is 53.7. The van der Waals surface area contributed by atoms with Crippen molar-refractivity contribution in [3.63, 3.8) is 0 Å². The van der Waals surface area contributed by atoms with E-state index < -0.39 is 112 Å². The zero-order valence-electron chi connectivity index (χ0n) is 48.8. The number of phenols is 1. The highest BCUT2D eigenvalue weighted by atomic mass is 32.1. The molecule has 0 radical (unpaired) electrons. The van der Waals surface area contributed by atoms with Crippen LogP contribution in [0.5, 0.6) is 5.75 Å². The topological polar surface area (TPSA) is 411 Å². The molecule has 10 bridgehead atoms. The Bertz CT molecular complexity index is 4400. The van der Waals surface area contributed by atoms with E-state index in [2.05, 4.69) is 36.2 Å². The van der Waals surface area contributed by atoms with Gasteiger partial charge in [-0.05, 0) is 61.9 Å². The van der Waals surface area contributed by atoms with Gasteiger partial charge < -0.3 is 52.3 Å². The van der Waals surface area contributed by atoms with Crippen molar-refractivity contribution in [3.8, 4) is 49.1 Å². The summed E-state index contributed by atoms with van der Waals surface area (Å²) in [4.78, 5) is 143. The molecule has 6 amide bonds. The summed E-state index contributed by atoms with van der Waals surface area (Å²) in [5.41, 5.74) is 7.20. The maximum absolute atomic E-state index is 15.3. The predicted octanol–water partition coefficient (Wildman–Crippen LogP) is 7.57. The molecule has 3 aliphatic rings. The van der Waals surface area contributed by atoms with Crippen molar-refractivity contribution >= 4 is 115 Å². The van der Waals surface area contributed by atoms with Crippen LogP contribution in [0, 0.1) is 28.9 Å². The summed E-state index contributed by atoms with van der Waals surface area (Å²) in [6.45, 7) is 3.14. The summed E-state index contributed by atoms with van der Waals surface area (Å²) in [5, 5.41) is 76.5. The van der Waals surface area contributed by atoms with Gasteiger partial charge in [0.05, 0.1) is 41.1 Å². The maximum Gasteiger partial charge on any atom is 0.310 e. The monoisotopic (exact) mass is 1370 g/mol. The minimum absolute atomic E-state index is 0.0496. The number of pyridine rings is 1. The van der Waals surface area contributed by atoms with Gasteiger partial charge in [-0.15, -0.1) is 68.0 Å². The Morgan fingerprint density at radius 3 is 2.13 bits per heavy atom. The number of hydrogen-bond acceptors (Lipinski definition) is 25. The highest BCUT2D eigenvalue weighted by Crippen LogP contribution is 2.43. The Balaban J connectivity index is 0.939. The molecule has 7 atom stereocenters. The number of hydrogen-bond donors (Lipinski definition) is 9. The number of aromatic nitrogens is 7. The SMILES string of the molecule is Cc1sc2nc1C(=O)N[C@@H]([C@H](O)c1ccccc1)c1nc(cs1)C(=O)N[C@@H](Cc1ccc(O)c([N+](=O)[O-])c1)C(=O)N1C[C@H](O)[C@H](C)[C@H]1c1nc(cs1)-c1nc(cs1)-c1nc(-c3nc(C(=O)N[C@H]4CC[C@H](C(=O)O)CC4)cs3)ccc1-c1nc(cs1)C(=O)N[C@H]2CC(N)=O. The molecule has 2 aromatic carbocycles. The number of carboxylic acids is 1. The quantitative estimate of drug-likeness (QED) is 0.0445. The molecule has 0 unspecified atom stereocenters. The van der Waals surface area contributed by atoms with Crippen LogP contribution in [0.4, 0.5) is 5.69 Å². The fourth-order valence-corrected chi connectivity index (χ4v) is 16.6. The Hall–Kier alpha value is -9.22. The first-order chi connectivity index (χ1) is 44.6. The van der Waals surface area contributed by atoms with Gasteiger partial charge in [0.25, 0.3) is 23.6 Å². The number of phenolic OH excluding ortho intramolecular Hbond substituents is 1. The van der Waals surface area contributed by atoms with Gasteiger partial charge >= 0.3 is 11.7 Å². The van der Waals surface area contributed by atoms with E-state index in [9.17, 15) is 59.3 Å². The summed E-state index contributed by atoms with van der Waals surface area (Å²) in [7, 11) is 0. The van der Waals surface area contributed by atoms with Crippen LogP contribution < -0.4 is 27.0 Å². The molecule has 27 nitrogen and oxygen atoms in total. The Labute approximate surface area is 551 Å². The molecule has 9 aromatic rings. The number of fused-ring (bicyclic) bond motifs is 16. The third-order valence-corrected chi connectivity index (χ3v) is 21.7. The molecular weight excluding hydrogens is 1320 g/mol. The molecule has 12 rings (SSSR count). The third kappa shape index (κ3) is 13.5. The first-order valence-electron chi connectivity index (χ1n) is 28.8. The van der Waals surface area contributed by atoms with Crippen molar-refractivity contribution in [1.82, 2.24) is 61.1 Å². The number of thiazole rings is 6. The lowest BCUT2D eigenvalue weighted by molar-refractivity contribution is -0.385. The second-order valence-electron chi connectivity index (χ2n) is 22.3. The lowest BCUT2D eigenvalue weighted by Gasteiger charge is -2.29. The molecule has 33 heteroatoms. The Morgan fingerprint density at radius 2 is 1.39 bits per heavy atom. The summed E-state index contributed by atoms with van der Waals surface area (Å²) in [6, 6.07) is 10.2. The lowest BCUT2D eigenvalue weighted by Crippen LogP contribution is -2.50. The van der Waals surface area contributed by atoms with Gasteiger partial charge in [0.1, 0.15) is 88.1 Å². The molecule has 1 saturated carbocycles. The minimum atomic E-state index is -1.49. The second-order valence-corrected chi connectivity index (χ2v) is 27.9. The van der Waals surface area contributed by atoms with E-state index in [1.807, 2.05) is 0 Å². The van der Waals surface area contributed by atoms with E-state index in [0.29, 0.717) is 84.5 Å². The summed E-state index contributed by atoms with van der Waals surface area (Å²) in [6.07, 6.45) is -1.45. The summed E-state index contributed by atoms with van der Waals surface area (Å²) >= 11 is 6.63. The molecule has 2 aliphatic heterocycles. The van der Waals surface area contributed by atoms with Crippen LogP contribution in [0.15, 0.2) is 87.6 Å². The van der Waals surface area contributed by atoms with Crippen LogP contribution in [0.25, 0.3) is 43.4 Å². The van der Waals surface area contributed by atoms with E-state index in [0.717, 1.165) is 46.1 Å². The average molecular weight is 1370 g/mol. The molecule has 7 aromatic heterocycles.